The van der Waals surface area contributed by atoms with Crippen LogP contribution in [-0.4, -0.2) is 65.9 Å². The van der Waals surface area contributed by atoms with Crippen molar-refractivity contribution in [3.05, 3.63) is 22.4 Å². The lowest BCUT2D eigenvalue weighted by Crippen LogP contribution is -2.55. The molecule has 0 aliphatic carbocycles. The number of likely N-dealkylation sites (tertiary alicyclic amines) is 1. The Labute approximate surface area is 144 Å². The molecule has 1 atom stereocenters. The fourth-order valence-electron chi connectivity index (χ4n) is 3.58. The summed E-state index contributed by atoms with van der Waals surface area (Å²) in [5, 5.41) is 2.14. The number of carbonyl (C=O) groups excluding carboxylic acids is 1. The molecular formula is C18H29N3OS. The van der Waals surface area contributed by atoms with Gasteiger partial charge < -0.3 is 4.90 Å². The highest BCUT2D eigenvalue weighted by Gasteiger charge is 2.30. The van der Waals surface area contributed by atoms with E-state index in [1.54, 1.807) is 0 Å². The van der Waals surface area contributed by atoms with Gasteiger partial charge in [0.25, 0.3) is 0 Å². The molecule has 1 aromatic rings. The lowest BCUT2D eigenvalue weighted by Gasteiger charge is -2.40. The van der Waals surface area contributed by atoms with E-state index in [1.165, 1.54) is 4.88 Å². The van der Waals surface area contributed by atoms with E-state index >= 15 is 0 Å². The summed E-state index contributed by atoms with van der Waals surface area (Å²) >= 11 is 1.83. The summed E-state index contributed by atoms with van der Waals surface area (Å²) in [5.41, 5.74) is 0. The quantitative estimate of drug-likeness (QED) is 0.846. The Balaban J connectivity index is 1.46. The van der Waals surface area contributed by atoms with Gasteiger partial charge in [0.05, 0.1) is 6.04 Å². The number of thiophene rings is 1. The molecule has 4 nitrogen and oxygen atoms in total. The zero-order valence-electron chi connectivity index (χ0n) is 14.4. The molecule has 0 bridgehead atoms. The van der Waals surface area contributed by atoms with Crippen molar-refractivity contribution in [2.75, 3.05) is 39.3 Å². The van der Waals surface area contributed by atoms with Crippen molar-refractivity contribution in [3.63, 3.8) is 0 Å². The van der Waals surface area contributed by atoms with Gasteiger partial charge in [-0.05, 0) is 37.1 Å². The zero-order chi connectivity index (χ0) is 16.2. The number of amides is 1. The van der Waals surface area contributed by atoms with E-state index in [1.807, 2.05) is 11.3 Å². The third kappa shape index (κ3) is 4.34. The zero-order valence-corrected chi connectivity index (χ0v) is 15.2. The van der Waals surface area contributed by atoms with Crippen LogP contribution in [0.4, 0.5) is 0 Å². The van der Waals surface area contributed by atoms with Crippen LogP contribution < -0.4 is 0 Å². The molecule has 0 spiro atoms. The number of hydrogen-bond donors (Lipinski definition) is 0. The van der Waals surface area contributed by atoms with Crippen molar-refractivity contribution in [3.8, 4) is 0 Å². The van der Waals surface area contributed by atoms with Gasteiger partial charge in [-0.1, -0.05) is 13.0 Å². The Morgan fingerprint density at radius 1 is 1.22 bits per heavy atom. The molecule has 0 N–H and O–H groups in total. The summed E-state index contributed by atoms with van der Waals surface area (Å²) in [5.74, 6) is 1.11. The first-order chi connectivity index (χ1) is 11.1. The molecule has 1 unspecified atom stereocenters. The number of hydrogen-bond acceptors (Lipinski definition) is 4. The standard InChI is InChI=1S/C18H29N3OS/c1-15-5-7-21(8-6-15)18(22)16(2)20-11-9-19(10-12-20)14-17-4-3-13-23-17/h3-4,13,15-16H,5-12,14H2,1-2H3. The Kier molecular flexibility index (Phi) is 5.72. The smallest absolute Gasteiger partial charge is 0.239 e. The monoisotopic (exact) mass is 335 g/mol. The summed E-state index contributed by atoms with van der Waals surface area (Å²) in [4.78, 5) is 21.1. The molecule has 23 heavy (non-hydrogen) atoms. The Hall–Kier alpha value is -0.910. The molecule has 0 saturated carbocycles. The number of rotatable bonds is 4. The van der Waals surface area contributed by atoms with Crippen LogP contribution in [0.3, 0.4) is 0 Å². The van der Waals surface area contributed by atoms with Crippen molar-refractivity contribution in [2.45, 2.75) is 39.3 Å². The van der Waals surface area contributed by atoms with Crippen LogP contribution in [0.1, 0.15) is 31.6 Å². The van der Waals surface area contributed by atoms with Crippen molar-refractivity contribution in [1.82, 2.24) is 14.7 Å². The van der Waals surface area contributed by atoms with Gasteiger partial charge in [0, 0.05) is 50.7 Å². The number of piperazine rings is 1. The predicted octanol–water partition coefficient (Wildman–Crippen LogP) is 2.51. The molecule has 0 radical (unpaired) electrons. The van der Waals surface area contributed by atoms with E-state index in [0.29, 0.717) is 5.91 Å². The van der Waals surface area contributed by atoms with Crippen LogP contribution in [0, 0.1) is 5.92 Å². The normalized spacial score (nSPS) is 23.1. The Morgan fingerprint density at radius 3 is 2.52 bits per heavy atom. The summed E-state index contributed by atoms with van der Waals surface area (Å²) < 4.78 is 0. The maximum absolute atomic E-state index is 12.7. The summed E-state index contributed by atoms with van der Waals surface area (Å²) in [6.07, 6.45) is 2.32. The minimum absolute atomic E-state index is 0.0345. The summed E-state index contributed by atoms with van der Waals surface area (Å²) in [6.45, 7) is 11.5. The average molecular weight is 336 g/mol. The van der Waals surface area contributed by atoms with Gasteiger partial charge in [-0.3, -0.25) is 14.6 Å². The fraction of sp³-hybridized carbons (Fsp3) is 0.722. The SMILES string of the molecule is CC1CCN(C(=O)C(C)N2CCN(Cc3cccs3)CC2)CC1. The highest BCUT2D eigenvalue weighted by atomic mass is 32.1. The van der Waals surface area contributed by atoms with E-state index in [2.05, 4.69) is 46.1 Å². The third-order valence-electron chi connectivity index (χ3n) is 5.37. The molecule has 0 aromatic carbocycles. The van der Waals surface area contributed by atoms with Crippen molar-refractivity contribution in [1.29, 1.82) is 0 Å². The van der Waals surface area contributed by atoms with E-state index in [9.17, 15) is 4.79 Å². The molecule has 3 heterocycles. The van der Waals surface area contributed by atoms with Crippen LogP contribution in [0.5, 0.6) is 0 Å². The van der Waals surface area contributed by atoms with Gasteiger partial charge in [0.2, 0.25) is 5.91 Å². The lowest BCUT2D eigenvalue weighted by molar-refractivity contribution is -0.138. The maximum Gasteiger partial charge on any atom is 0.239 e. The van der Waals surface area contributed by atoms with Gasteiger partial charge >= 0.3 is 0 Å². The number of nitrogens with zero attached hydrogens (tertiary/aromatic N) is 3. The molecule has 5 heteroatoms. The van der Waals surface area contributed by atoms with Gasteiger partial charge in [0.1, 0.15) is 0 Å². The van der Waals surface area contributed by atoms with E-state index in [0.717, 1.165) is 64.6 Å². The lowest BCUT2D eigenvalue weighted by atomic mass is 9.98. The average Bonchev–Trinajstić information content (AvgIpc) is 3.08. The van der Waals surface area contributed by atoms with Gasteiger partial charge in [-0.25, -0.2) is 0 Å². The molecule has 2 aliphatic heterocycles. The van der Waals surface area contributed by atoms with E-state index in [-0.39, 0.29) is 6.04 Å². The Morgan fingerprint density at radius 2 is 1.91 bits per heavy atom. The number of piperidine rings is 1. The van der Waals surface area contributed by atoms with Gasteiger partial charge in [0.15, 0.2) is 0 Å². The minimum Gasteiger partial charge on any atom is -0.341 e. The molecule has 2 fully saturated rings. The van der Waals surface area contributed by atoms with Crippen LogP contribution in [0.15, 0.2) is 17.5 Å². The second kappa shape index (κ2) is 7.77. The van der Waals surface area contributed by atoms with Gasteiger partial charge in [-0.15, -0.1) is 11.3 Å². The Bertz CT molecular complexity index is 488. The number of carbonyl (C=O) groups is 1. The van der Waals surface area contributed by atoms with E-state index < -0.39 is 0 Å². The molecule has 2 saturated heterocycles. The first kappa shape index (κ1) is 16.9. The third-order valence-corrected chi connectivity index (χ3v) is 6.23. The van der Waals surface area contributed by atoms with Crippen LogP contribution in [0.2, 0.25) is 0 Å². The molecule has 2 aliphatic rings. The first-order valence-electron chi connectivity index (χ1n) is 8.91. The first-order valence-corrected chi connectivity index (χ1v) is 9.79. The largest absolute Gasteiger partial charge is 0.341 e. The maximum atomic E-state index is 12.7. The van der Waals surface area contributed by atoms with Crippen LogP contribution in [-0.2, 0) is 11.3 Å². The molecule has 128 valence electrons. The highest BCUT2D eigenvalue weighted by molar-refractivity contribution is 7.09. The second-order valence-electron chi connectivity index (χ2n) is 7.08. The van der Waals surface area contributed by atoms with Gasteiger partial charge in [-0.2, -0.15) is 0 Å². The van der Waals surface area contributed by atoms with Crippen molar-refractivity contribution in [2.24, 2.45) is 5.92 Å². The molecule has 3 rings (SSSR count). The molecule has 1 amide bonds. The van der Waals surface area contributed by atoms with Crippen LogP contribution >= 0.6 is 11.3 Å². The van der Waals surface area contributed by atoms with Crippen molar-refractivity contribution < 1.29 is 4.79 Å². The summed E-state index contributed by atoms with van der Waals surface area (Å²) in [7, 11) is 0. The van der Waals surface area contributed by atoms with Crippen molar-refractivity contribution >= 4 is 17.2 Å². The fourth-order valence-corrected chi connectivity index (χ4v) is 4.33. The predicted molar refractivity (Wildman–Crippen MR) is 95.6 cm³/mol. The minimum atomic E-state index is 0.0345. The van der Waals surface area contributed by atoms with Crippen LogP contribution in [0.25, 0.3) is 0 Å². The van der Waals surface area contributed by atoms with E-state index in [4.69, 9.17) is 0 Å². The molecular weight excluding hydrogens is 306 g/mol. The highest BCUT2D eigenvalue weighted by Crippen LogP contribution is 2.19. The topological polar surface area (TPSA) is 26.8 Å². The molecule has 1 aromatic heterocycles. The second-order valence-corrected chi connectivity index (χ2v) is 8.11. The summed E-state index contributed by atoms with van der Waals surface area (Å²) in [6, 6.07) is 4.36.